The van der Waals surface area contributed by atoms with Crippen molar-refractivity contribution in [1.29, 1.82) is 0 Å². The van der Waals surface area contributed by atoms with Crippen molar-refractivity contribution in [2.75, 3.05) is 25.0 Å². The molecule has 0 unspecified atom stereocenters. The number of benzene rings is 1. The molecule has 2 rings (SSSR count). The number of anilines is 1. The van der Waals surface area contributed by atoms with Crippen LogP contribution in [0, 0.1) is 5.92 Å². The molecule has 0 radical (unpaired) electrons. The highest BCUT2D eigenvalue weighted by Crippen LogP contribution is 2.17. The van der Waals surface area contributed by atoms with Crippen LogP contribution >= 0.6 is 0 Å². The summed E-state index contributed by atoms with van der Waals surface area (Å²) in [5.74, 6) is 0.196. The van der Waals surface area contributed by atoms with Gasteiger partial charge in [0.15, 0.2) is 0 Å². The van der Waals surface area contributed by atoms with Crippen molar-refractivity contribution < 1.29 is 14.4 Å². The molecule has 1 fully saturated rings. The molecule has 0 aliphatic carbocycles. The van der Waals surface area contributed by atoms with Gasteiger partial charge in [-0.3, -0.25) is 14.4 Å². The summed E-state index contributed by atoms with van der Waals surface area (Å²) >= 11 is 0. The maximum Gasteiger partial charge on any atom is 0.251 e. The summed E-state index contributed by atoms with van der Waals surface area (Å²) in [6.45, 7) is 5.14. The second-order valence-corrected chi connectivity index (χ2v) is 5.92. The van der Waals surface area contributed by atoms with Crippen molar-refractivity contribution in [2.45, 2.75) is 26.7 Å². The van der Waals surface area contributed by atoms with E-state index in [2.05, 4.69) is 10.6 Å². The molecule has 6 heteroatoms. The molecule has 1 aliphatic heterocycles. The van der Waals surface area contributed by atoms with Crippen LogP contribution in [-0.4, -0.2) is 42.3 Å². The van der Waals surface area contributed by atoms with Gasteiger partial charge in [-0.15, -0.1) is 0 Å². The Balaban J connectivity index is 1.83. The standard InChI is InChI=1S/C17H23N3O3/c1-12(21)19-16-5-3-4-15(10-16)17(23)18-11-14-6-8-20(9-7-14)13(2)22/h3-5,10,14H,6-9,11H2,1-2H3,(H,18,23)(H,19,21). The Kier molecular flexibility index (Phi) is 5.73. The number of amides is 3. The number of hydrogen-bond acceptors (Lipinski definition) is 3. The van der Waals surface area contributed by atoms with Crippen molar-refractivity contribution in [3.8, 4) is 0 Å². The number of hydrogen-bond donors (Lipinski definition) is 2. The van der Waals surface area contributed by atoms with Gasteiger partial charge in [0.25, 0.3) is 5.91 Å². The van der Waals surface area contributed by atoms with E-state index in [0.29, 0.717) is 23.7 Å². The zero-order valence-corrected chi connectivity index (χ0v) is 13.6. The molecule has 3 amide bonds. The van der Waals surface area contributed by atoms with E-state index in [0.717, 1.165) is 25.9 Å². The summed E-state index contributed by atoms with van der Waals surface area (Å²) in [5, 5.41) is 5.60. The number of rotatable bonds is 4. The quantitative estimate of drug-likeness (QED) is 0.886. The van der Waals surface area contributed by atoms with Gasteiger partial charge in [-0.2, -0.15) is 0 Å². The van der Waals surface area contributed by atoms with Crippen LogP contribution in [0.3, 0.4) is 0 Å². The highest BCUT2D eigenvalue weighted by molar-refractivity contribution is 5.96. The van der Waals surface area contributed by atoms with Crippen LogP contribution in [0.25, 0.3) is 0 Å². The molecule has 1 aliphatic rings. The highest BCUT2D eigenvalue weighted by atomic mass is 16.2. The number of nitrogens with zero attached hydrogens (tertiary/aromatic N) is 1. The van der Waals surface area contributed by atoms with Gasteiger partial charge in [0, 0.05) is 44.7 Å². The zero-order valence-electron chi connectivity index (χ0n) is 13.6. The lowest BCUT2D eigenvalue weighted by Crippen LogP contribution is -2.40. The third-order valence-corrected chi connectivity index (χ3v) is 4.06. The molecule has 2 N–H and O–H groups in total. The first-order valence-corrected chi connectivity index (χ1v) is 7.87. The summed E-state index contributed by atoms with van der Waals surface area (Å²) in [4.78, 5) is 36.4. The van der Waals surface area contributed by atoms with Gasteiger partial charge >= 0.3 is 0 Å². The van der Waals surface area contributed by atoms with Crippen molar-refractivity contribution >= 4 is 23.4 Å². The van der Waals surface area contributed by atoms with Crippen molar-refractivity contribution in [3.05, 3.63) is 29.8 Å². The summed E-state index contributed by atoms with van der Waals surface area (Å²) in [5.41, 5.74) is 1.14. The Morgan fingerprint density at radius 1 is 1.17 bits per heavy atom. The molecule has 0 bridgehead atoms. The molecule has 6 nitrogen and oxygen atoms in total. The van der Waals surface area contributed by atoms with E-state index in [4.69, 9.17) is 0 Å². The minimum atomic E-state index is -0.167. The average Bonchev–Trinajstić information content (AvgIpc) is 2.52. The Morgan fingerprint density at radius 2 is 1.87 bits per heavy atom. The van der Waals surface area contributed by atoms with Gasteiger partial charge in [0.1, 0.15) is 0 Å². The predicted molar refractivity (Wildman–Crippen MR) is 88.1 cm³/mol. The summed E-state index contributed by atoms with van der Waals surface area (Å²) in [7, 11) is 0. The minimum absolute atomic E-state index is 0.113. The molecular formula is C17H23N3O3. The number of nitrogens with one attached hydrogen (secondary N) is 2. The maximum absolute atomic E-state index is 12.2. The number of likely N-dealkylation sites (tertiary alicyclic amines) is 1. The van der Waals surface area contributed by atoms with Crippen LogP contribution in [0.4, 0.5) is 5.69 Å². The fraction of sp³-hybridized carbons (Fsp3) is 0.471. The van der Waals surface area contributed by atoms with E-state index in [1.807, 2.05) is 4.90 Å². The molecular weight excluding hydrogens is 294 g/mol. The molecule has 1 aromatic rings. The SMILES string of the molecule is CC(=O)Nc1cccc(C(=O)NCC2CCN(C(C)=O)CC2)c1. The molecule has 0 spiro atoms. The molecule has 1 saturated heterocycles. The number of piperidine rings is 1. The predicted octanol–water partition coefficient (Wildman–Crippen LogP) is 1.63. The van der Waals surface area contributed by atoms with Gasteiger partial charge in [-0.1, -0.05) is 6.07 Å². The van der Waals surface area contributed by atoms with Crippen LogP contribution in [0.5, 0.6) is 0 Å². The molecule has 124 valence electrons. The van der Waals surface area contributed by atoms with E-state index in [-0.39, 0.29) is 17.7 Å². The minimum Gasteiger partial charge on any atom is -0.352 e. The third kappa shape index (κ3) is 5.09. The fourth-order valence-electron chi connectivity index (χ4n) is 2.73. The van der Waals surface area contributed by atoms with E-state index in [1.54, 1.807) is 31.2 Å². The number of carbonyl (C=O) groups is 3. The Morgan fingerprint density at radius 3 is 2.48 bits per heavy atom. The highest BCUT2D eigenvalue weighted by Gasteiger charge is 2.21. The molecule has 23 heavy (non-hydrogen) atoms. The third-order valence-electron chi connectivity index (χ3n) is 4.06. The Labute approximate surface area is 136 Å². The van der Waals surface area contributed by atoms with Gasteiger partial charge in [0.2, 0.25) is 11.8 Å². The van der Waals surface area contributed by atoms with Crippen LogP contribution in [0.2, 0.25) is 0 Å². The molecule has 0 atom stereocenters. The van der Waals surface area contributed by atoms with E-state index in [1.165, 1.54) is 6.92 Å². The monoisotopic (exact) mass is 317 g/mol. The first kappa shape index (κ1) is 17.0. The summed E-state index contributed by atoms with van der Waals surface area (Å²) in [6.07, 6.45) is 1.82. The first-order chi connectivity index (χ1) is 11.0. The van der Waals surface area contributed by atoms with E-state index in [9.17, 15) is 14.4 Å². The molecule has 0 saturated carbocycles. The van der Waals surface area contributed by atoms with Gasteiger partial charge in [0.05, 0.1) is 0 Å². The summed E-state index contributed by atoms with van der Waals surface area (Å²) in [6, 6.07) is 6.87. The van der Waals surface area contributed by atoms with Crippen molar-refractivity contribution in [1.82, 2.24) is 10.2 Å². The van der Waals surface area contributed by atoms with Crippen LogP contribution in [-0.2, 0) is 9.59 Å². The van der Waals surface area contributed by atoms with Crippen LogP contribution in [0.1, 0.15) is 37.0 Å². The smallest absolute Gasteiger partial charge is 0.251 e. The largest absolute Gasteiger partial charge is 0.352 e. The lowest BCUT2D eigenvalue weighted by molar-refractivity contribution is -0.130. The fourth-order valence-corrected chi connectivity index (χ4v) is 2.73. The normalized spacial score (nSPS) is 15.1. The molecule has 0 aromatic heterocycles. The topological polar surface area (TPSA) is 78.5 Å². The van der Waals surface area contributed by atoms with Gasteiger partial charge in [-0.25, -0.2) is 0 Å². The maximum atomic E-state index is 12.2. The molecule has 1 aromatic carbocycles. The van der Waals surface area contributed by atoms with Crippen LogP contribution < -0.4 is 10.6 Å². The van der Waals surface area contributed by atoms with Gasteiger partial charge < -0.3 is 15.5 Å². The van der Waals surface area contributed by atoms with Crippen LogP contribution in [0.15, 0.2) is 24.3 Å². The van der Waals surface area contributed by atoms with Crippen molar-refractivity contribution in [2.24, 2.45) is 5.92 Å². The average molecular weight is 317 g/mol. The van der Waals surface area contributed by atoms with E-state index < -0.39 is 0 Å². The lowest BCUT2D eigenvalue weighted by atomic mass is 9.96. The summed E-state index contributed by atoms with van der Waals surface area (Å²) < 4.78 is 0. The lowest BCUT2D eigenvalue weighted by Gasteiger charge is -2.31. The van der Waals surface area contributed by atoms with Gasteiger partial charge in [-0.05, 0) is 37.0 Å². The van der Waals surface area contributed by atoms with Crippen molar-refractivity contribution in [3.63, 3.8) is 0 Å². The molecule has 1 heterocycles. The first-order valence-electron chi connectivity index (χ1n) is 7.87. The Hall–Kier alpha value is -2.37. The Bertz CT molecular complexity index is 593. The number of carbonyl (C=O) groups excluding carboxylic acids is 3. The second-order valence-electron chi connectivity index (χ2n) is 5.92. The second kappa shape index (κ2) is 7.76. The van der Waals surface area contributed by atoms with E-state index >= 15 is 0 Å². The zero-order chi connectivity index (χ0) is 16.8.